The highest BCUT2D eigenvalue weighted by molar-refractivity contribution is 6.17. The molecule has 0 heterocycles. The van der Waals surface area contributed by atoms with Gasteiger partial charge in [0.2, 0.25) is 0 Å². The van der Waals surface area contributed by atoms with Crippen molar-refractivity contribution in [2.24, 2.45) is 0 Å². The van der Waals surface area contributed by atoms with E-state index in [9.17, 15) is 4.79 Å². The summed E-state index contributed by atoms with van der Waals surface area (Å²) in [5.74, 6) is 0.914. The van der Waals surface area contributed by atoms with Gasteiger partial charge in [-0.1, -0.05) is 18.2 Å². The lowest BCUT2D eigenvalue weighted by Gasteiger charge is -2.11. The highest BCUT2D eigenvalue weighted by Crippen LogP contribution is 2.25. The molecular weight excluding hydrogens is 274 g/mol. The van der Waals surface area contributed by atoms with E-state index in [4.69, 9.17) is 16.3 Å². The molecule has 0 unspecified atom stereocenters. The van der Waals surface area contributed by atoms with E-state index in [1.807, 2.05) is 37.3 Å². The first-order valence-corrected chi connectivity index (χ1v) is 6.78. The molecule has 0 fully saturated rings. The molecule has 0 radical (unpaired) electrons. The van der Waals surface area contributed by atoms with E-state index in [2.05, 4.69) is 5.32 Å². The van der Waals surface area contributed by atoms with Crippen LogP contribution in [-0.4, -0.2) is 13.0 Å². The van der Waals surface area contributed by atoms with Crippen LogP contribution in [0.25, 0.3) is 0 Å². The predicted octanol–water partition coefficient (Wildman–Crippen LogP) is 3.99. The lowest BCUT2D eigenvalue weighted by molar-refractivity contribution is 0.102. The SMILES string of the molecule is COc1cc(C)ccc1NC(=O)c1ccc(CCl)cc1. The van der Waals surface area contributed by atoms with Crippen LogP contribution in [0.2, 0.25) is 0 Å². The Balaban J connectivity index is 2.18. The van der Waals surface area contributed by atoms with Crippen molar-refractivity contribution < 1.29 is 9.53 Å². The predicted molar refractivity (Wildman–Crippen MR) is 81.7 cm³/mol. The molecule has 1 amide bonds. The monoisotopic (exact) mass is 289 g/mol. The average Bonchev–Trinajstić information content (AvgIpc) is 2.49. The number of hydrogen-bond acceptors (Lipinski definition) is 2. The second-order valence-electron chi connectivity index (χ2n) is 4.49. The fourth-order valence-electron chi connectivity index (χ4n) is 1.84. The fourth-order valence-corrected chi connectivity index (χ4v) is 2.02. The van der Waals surface area contributed by atoms with E-state index in [1.54, 1.807) is 19.2 Å². The van der Waals surface area contributed by atoms with Gasteiger partial charge in [-0.25, -0.2) is 0 Å². The number of hydrogen-bond donors (Lipinski definition) is 1. The number of anilines is 1. The van der Waals surface area contributed by atoms with Gasteiger partial charge in [0.05, 0.1) is 12.8 Å². The first-order chi connectivity index (χ1) is 9.63. The molecule has 0 aliphatic heterocycles. The highest BCUT2D eigenvalue weighted by Gasteiger charge is 2.09. The number of rotatable bonds is 4. The van der Waals surface area contributed by atoms with Crippen LogP contribution in [0.3, 0.4) is 0 Å². The Kier molecular flexibility index (Phi) is 4.64. The van der Waals surface area contributed by atoms with Gasteiger partial charge in [-0.05, 0) is 42.3 Å². The second-order valence-corrected chi connectivity index (χ2v) is 4.76. The van der Waals surface area contributed by atoms with Gasteiger partial charge in [0.25, 0.3) is 5.91 Å². The van der Waals surface area contributed by atoms with Crippen molar-refractivity contribution in [1.82, 2.24) is 0 Å². The molecule has 0 aliphatic carbocycles. The van der Waals surface area contributed by atoms with Crippen molar-refractivity contribution in [3.05, 3.63) is 59.2 Å². The van der Waals surface area contributed by atoms with Gasteiger partial charge < -0.3 is 10.1 Å². The molecule has 20 heavy (non-hydrogen) atoms. The summed E-state index contributed by atoms with van der Waals surface area (Å²) in [7, 11) is 1.58. The van der Waals surface area contributed by atoms with Crippen LogP contribution in [0.1, 0.15) is 21.5 Å². The van der Waals surface area contributed by atoms with Gasteiger partial charge in [0.15, 0.2) is 0 Å². The molecular formula is C16H16ClNO2. The number of nitrogens with one attached hydrogen (secondary N) is 1. The van der Waals surface area contributed by atoms with E-state index in [0.29, 0.717) is 22.9 Å². The fraction of sp³-hybridized carbons (Fsp3) is 0.188. The van der Waals surface area contributed by atoms with Crippen molar-refractivity contribution in [3.8, 4) is 5.75 Å². The standard InChI is InChI=1S/C16H16ClNO2/c1-11-3-8-14(15(9-11)20-2)18-16(19)13-6-4-12(10-17)5-7-13/h3-9H,10H2,1-2H3,(H,18,19). The molecule has 0 spiro atoms. The Labute approximate surface area is 123 Å². The summed E-state index contributed by atoms with van der Waals surface area (Å²) in [5, 5.41) is 2.85. The minimum atomic E-state index is -0.173. The number of benzene rings is 2. The van der Waals surface area contributed by atoms with E-state index in [1.165, 1.54) is 0 Å². The number of methoxy groups -OCH3 is 1. The molecule has 2 aromatic rings. The van der Waals surface area contributed by atoms with Gasteiger partial charge in [0.1, 0.15) is 5.75 Å². The van der Waals surface area contributed by atoms with Crippen LogP contribution in [0.4, 0.5) is 5.69 Å². The largest absolute Gasteiger partial charge is 0.495 e. The number of carbonyl (C=O) groups is 1. The third kappa shape index (κ3) is 3.31. The van der Waals surface area contributed by atoms with Crippen molar-refractivity contribution in [3.63, 3.8) is 0 Å². The molecule has 0 atom stereocenters. The van der Waals surface area contributed by atoms with Gasteiger partial charge in [-0.3, -0.25) is 4.79 Å². The molecule has 0 aliphatic rings. The third-order valence-corrected chi connectivity index (χ3v) is 3.28. The molecule has 0 saturated heterocycles. The first-order valence-electron chi connectivity index (χ1n) is 6.25. The summed E-state index contributed by atoms with van der Waals surface area (Å²) in [5.41, 5.74) is 3.30. The molecule has 2 aromatic carbocycles. The smallest absolute Gasteiger partial charge is 0.255 e. The topological polar surface area (TPSA) is 38.3 Å². The van der Waals surface area contributed by atoms with Crippen molar-refractivity contribution in [1.29, 1.82) is 0 Å². The van der Waals surface area contributed by atoms with Crippen LogP contribution >= 0.6 is 11.6 Å². The molecule has 3 nitrogen and oxygen atoms in total. The molecule has 104 valence electrons. The van der Waals surface area contributed by atoms with E-state index < -0.39 is 0 Å². The minimum Gasteiger partial charge on any atom is -0.495 e. The number of carbonyl (C=O) groups excluding carboxylic acids is 1. The zero-order chi connectivity index (χ0) is 14.5. The Morgan fingerprint density at radius 2 is 1.90 bits per heavy atom. The maximum atomic E-state index is 12.2. The van der Waals surface area contributed by atoms with E-state index >= 15 is 0 Å². The van der Waals surface area contributed by atoms with Crippen LogP contribution in [0.5, 0.6) is 5.75 Å². The maximum absolute atomic E-state index is 12.2. The van der Waals surface area contributed by atoms with Crippen molar-refractivity contribution >= 4 is 23.2 Å². The number of ether oxygens (including phenoxy) is 1. The highest BCUT2D eigenvalue weighted by atomic mass is 35.5. The summed E-state index contributed by atoms with van der Waals surface area (Å²) in [6, 6.07) is 12.8. The molecule has 1 N–H and O–H groups in total. The number of amides is 1. The molecule has 0 bridgehead atoms. The second kappa shape index (κ2) is 6.44. The molecule has 4 heteroatoms. The third-order valence-electron chi connectivity index (χ3n) is 2.98. The first kappa shape index (κ1) is 14.4. The molecule has 0 saturated carbocycles. The van der Waals surface area contributed by atoms with Crippen LogP contribution in [0.15, 0.2) is 42.5 Å². The van der Waals surface area contributed by atoms with Crippen molar-refractivity contribution in [2.45, 2.75) is 12.8 Å². The van der Waals surface area contributed by atoms with Gasteiger partial charge in [-0.15, -0.1) is 11.6 Å². The zero-order valence-electron chi connectivity index (χ0n) is 11.4. The quantitative estimate of drug-likeness (QED) is 0.864. The van der Waals surface area contributed by atoms with Crippen molar-refractivity contribution in [2.75, 3.05) is 12.4 Å². The zero-order valence-corrected chi connectivity index (χ0v) is 12.2. The normalized spacial score (nSPS) is 10.2. The Morgan fingerprint density at radius 1 is 1.20 bits per heavy atom. The Hall–Kier alpha value is -2.00. The molecule has 2 rings (SSSR count). The number of halogens is 1. The van der Waals surface area contributed by atoms with E-state index in [0.717, 1.165) is 11.1 Å². The summed E-state index contributed by atoms with van der Waals surface area (Å²) < 4.78 is 5.27. The van der Waals surface area contributed by atoms with Gasteiger partial charge in [-0.2, -0.15) is 0 Å². The average molecular weight is 290 g/mol. The Morgan fingerprint density at radius 3 is 2.50 bits per heavy atom. The lowest BCUT2D eigenvalue weighted by atomic mass is 10.1. The van der Waals surface area contributed by atoms with Crippen LogP contribution in [0, 0.1) is 6.92 Å². The van der Waals surface area contributed by atoms with Crippen LogP contribution < -0.4 is 10.1 Å². The van der Waals surface area contributed by atoms with Gasteiger partial charge >= 0.3 is 0 Å². The summed E-state index contributed by atoms with van der Waals surface area (Å²) in [6.45, 7) is 1.97. The maximum Gasteiger partial charge on any atom is 0.255 e. The Bertz CT molecular complexity index is 608. The summed E-state index contributed by atoms with van der Waals surface area (Å²) in [6.07, 6.45) is 0. The number of aryl methyl sites for hydroxylation is 1. The lowest BCUT2D eigenvalue weighted by Crippen LogP contribution is -2.12. The van der Waals surface area contributed by atoms with E-state index in [-0.39, 0.29) is 5.91 Å². The minimum absolute atomic E-state index is 0.173. The summed E-state index contributed by atoms with van der Waals surface area (Å²) >= 11 is 5.73. The molecule has 0 aromatic heterocycles. The summed E-state index contributed by atoms with van der Waals surface area (Å²) in [4.78, 5) is 12.2. The van der Waals surface area contributed by atoms with Gasteiger partial charge in [0, 0.05) is 11.4 Å². The number of alkyl halides is 1. The van der Waals surface area contributed by atoms with Crippen LogP contribution in [-0.2, 0) is 5.88 Å².